The van der Waals surface area contributed by atoms with Gasteiger partial charge in [-0.3, -0.25) is 0 Å². The topological polar surface area (TPSA) is 26.0 Å². The van der Waals surface area contributed by atoms with Crippen LogP contribution in [0.5, 0.6) is 0 Å². The predicted molar refractivity (Wildman–Crippen MR) is 65.3 cm³/mol. The molecule has 15 heavy (non-hydrogen) atoms. The fraction of sp³-hybridized carbons (Fsp3) is 0.538. The van der Waals surface area contributed by atoms with Crippen molar-refractivity contribution >= 4 is 12.4 Å². The number of halogens is 1. The maximum absolute atomic E-state index is 5.95. The van der Waals surface area contributed by atoms with E-state index in [4.69, 9.17) is 5.73 Å². The second kappa shape index (κ2) is 3.50. The Morgan fingerprint density at radius 1 is 1.07 bits per heavy atom. The van der Waals surface area contributed by atoms with Crippen LogP contribution in [0.15, 0.2) is 30.3 Å². The third-order valence-corrected chi connectivity index (χ3v) is 4.16. The zero-order valence-corrected chi connectivity index (χ0v) is 9.72. The van der Waals surface area contributed by atoms with E-state index in [-0.39, 0.29) is 12.4 Å². The third kappa shape index (κ3) is 1.58. The van der Waals surface area contributed by atoms with Gasteiger partial charge in [-0.25, -0.2) is 0 Å². The molecule has 1 aromatic carbocycles. The molecular formula is C13H18ClN. The van der Waals surface area contributed by atoms with Crippen LogP contribution in [0.4, 0.5) is 0 Å². The summed E-state index contributed by atoms with van der Waals surface area (Å²) in [6, 6.07) is 10.8. The molecule has 82 valence electrons. The van der Waals surface area contributed by atoms with Crippen LogP contribution < -0.4 is 5.73 Å². The molecule has 0 heterocycles. The van der Waals surface area contributed by atoms with Crippen molar-refractivity contribution in [3.63, 3.8) is 0 Å². The van der Waals surface area contributed by atoms with Gasteiger partial charge in [-0.1, -0.05) is 30.3 Å². The zero-order valence-electron chi connectivity index (χ0n) is 8.91. The quantitative estimate of drug-likeness (QED) is 0.820. The second-order valence-corrected chi connectivity index (χ2v) is 5.20. The summed E-state index contributed by atoms with van der Waals surface area (Å²) >= 11 is 0. The highest BCUT2D eigenvalue weighted by Crippen LogP contribution is 2.68. The molecule has 0 aromatic heterocycles. The number of benzene rings is 1. The summed E-state index contributed by atoms with van der Waals surface area (Å²) in [5, 5.41) is 0. The molecule has 0 radical (unpaired) electrons. The van der Waals surface area contributed by atoms with E-state index in [0.717, 1.165) is 12.0 Å². The lowest BCUT2D eigenvalue weighted by Crippen LogP contribution is -2.48. The molecule has 0 aliphatic heterocycles. The van der Waals surface area contributed by atoms with Gasteiger partial charge in [0.05, 0.1) is 0 Å². The van der Waals surface area contributed by atoms with Crippen LogP contribution in [0, 0.1) is 5.41 Å². The highest BCUT2D eigenvalue weighted by Gasteiger charge is 2.60. The van der Waals surface area contributed by atoms with Crippen LogP contribution >= 0.6 is 12.4 Å². The van der Waals surface area contributed by atoms with Gasteiger partial charge in [0.15, 0.2) is 0 Å². The van der Waals surface area contributed by atoms with E-state index in [1.807, 2.05) is 0 Å². The maximum atomic E-state index is 5.95. The predicted octanol–water partition coefficient (Wildman–Crippen LogP) is 2.88. The van der Waals surface area contributed by atoms with Gasteiger partial charge in [0.2, 0.25) is 0 Å². The number of rotatable bonds is 2. The summed E-state index contributed by atoms with van der Waals surface area (Å²) in [6.45, 7) is 0.818. The number of hydrogen-bond acceptors (Lipinski definition) is 1. The lowest BCUT2D eigenvalue weighted by atomic mass is 9.56. The molecule has 2 saturated carbocycles. The Balaban J connectivity index is 0.000000853. The van der Waals surface area contributed by atoms with E-state index in [1.54, 1.807) is 0 Å². The van der Waals surface area contributed by atoms with Crippen LogP contribution in [0.1, 0.15) is 31.2 Å². The van der Waals surface area contributed by atoms with E-state index in [9.17, 15) is 0 Å². The second-order valence-electron chi connectivity index (χ2n) is 5.20. The van der Waals surface area contributed by atoms with E-state index >= 15 is 0 Å². The molecule has 2 aliphatic rings. The fourth-order valence-electron chi connectivity index (χ4n) is 3.17. The average Bonchev–Trinajstić information content (AvgIpc) is 2.96. The van der Waals surface area contributed by atoms with Crippen molar-refractivity contribution in [2.24, 2.45) is 11.1 Å². The Labute approximate surface area is 97.5 Å². The smallest absolute Gasteiger partial charge is 0.00861 e. The van der Waals surface area contributed by atoms with E-state index in [0.29, 0.717) is 5.41 Å². The molecule has 2 N–H and O–H groups in total. The number of hydrogen-bond donors (Lipinski definition) is 1. The van der Waals surface area contributed by atoms with Crippen molar-refractivity contribution in [3.8, 4) is 0 Å². The Bertz CT molecular complexity index is 335. The summed E-state index contributed by atoms with van der Waals surface area (Å²) in [6.07, 6.45) is 5.56. The van der Waals surface area contributed by atoms with Crippen molar-refractivity contribution in [3.05, 3.63) is 35.9 Å². The molecule has 0 atom stereocenters. The minimum absolute atomic E-state index is 0. The molecule has 2 fully saturated rings. The molecule has 0 saturated heterocycles. The summed E-state index contributed by atoms with van der Waals surface area (Å²) in [4.78, 5) is 0. The third-order valence-electron chi connectivity index (χ3n) is 4.16. The van der Waals surface area contributed by atoms with Gasteiger partial charge >= 0.3 is 0 Å². The first-order valence-electron chi connectivity index (χ1n) is 5.54. The zero-order chi connectivity index (χ0) is 9.65. The van der Waals surface area contributed by atoms with Gasteiger partial charge < -0.3 is 5.73 Å². The van der Waals surface area contributed by atoms with Gasteiger partial charge in [0.1, 0.15) is 0 Å². The summed E-state index contributed by atoms with van der Waals surface area (Å²) in [7, 11) is 0. The van der Waals surface area contributed by atoms with Crippen LogP contribution in [0.25, 0.3) is 0 Å². The molecule has 2 aliphatic carbocycles. The Kier molecular flexibility index (Phi) is 2.56. The van der Waals surface area contributed by atoms with Crippen molar-refractivity contribution in [1.82, 2.24) is 0 Å². The minimum Gasteiger partial charge on any atom is -0.330 e. The molecule has 0 bridgehead atoms. The summed E-state index contributed by atoms with van der Waals surface area (Å²) < 4.78 is 0. The van der Waals surface area contributed by atoms with Gasteiger partial charge in [-0.05, 0) is 36.7 Å². The molecule has 1 nitrogen and oxygen atoms in total. The monoisotopic (exact) mass is 223 g/mol. The van der Waals surface area contributed by atoms with E-state index < -0.39 is 0 Å². The Morgan fingerprint density at radius 2 is 1.67 bits per heavy atom. The highest BCUT2D eigenvalue weighted by molar-refractivity contribution is 5.85. The molecule has 0 unspecified atom stereocenters. The van der Waals surface area contributed by atoms with Gasteiger partial charge in [0, 0.05) is 12.0 Å². The minimum atomic E-state index is 0. The van der Waals surface area contributed by atoms with E-state index in [2.05, 4.69) is 30.3 Å². The SMILES string of the molecule is Cl.NCC1(c2ccccc2)CC2(CC2)C1. The lowest BCUT2D eigenvalue weighted by Gasteiger charge is -2.48. The first-order valence-corrected chi connectivity index (χ1v) is 5.54. The first-order chi connectivity index (χ1) is 6.79. The first kappa shape index (κ1) is 11.0. The van der Waals surface area contributed by atoms with Gasteiger partial charge in [-0.2, -0.15) is 0 Å². The molecule has 1 spiro atoms. The van der Waals surface area contributed by atoms with Gasteiger partial charge in [0.25, 0.3) is 0 Å². The van der Waals surface area contributed by atoms with Crippen LogP contribution in [0.2, 0.25) is 0 Å². The Morgan fingerprint density at radius 3 is 2.13 bits per heavy atom. The lowest BCUT2D eigenvalue weighted by molar-refractivity contribution is 0.126. The fourth-order valence-corrected chi connectivity index (χ4v) is 3.17. The average molecular weight is 224 g/mol. The number of nitrogens with two attached hydrogens (primary N) is 1. The normalized spacial score (nSPS) is 24.1. The molecule has 2 heteroatoms. The van der Waals surface area contributed by atoms with Crippen LogP contribution in [-0.2, 0) is 5.41 Å². The molecule has 1 aromatic rings. The van der Waals surface area contributed by atoms with Crippen molar-refractivity contribution < 1.29 is 0 Å². The molecule has 0 amide bonds. The van der Waals surface area contributed by atoms with Crippen molar-refractivity contribution in [2.75, 3.05) is 6.54 Å². The standard InChI is InChI=1S/C13H17N.ClH/c14-10-13(8-12(9-13)6-7-12)11-4-2-1-3-5-11;/h1-5H,6-10,14H2;1H. The van der Waals surface area contributed by atoms with E-state index in [1.165, 1.54) is 31.2 Å². The van der Waals surface area contributed by atoms with Crippen molar-refractivity contribution in [2.45, 2.75) is 31.1 Å². The largest absolute Gasteiger partial charge is 0.330 e. The van der Waals surface area contributed by atoms with Gasteiger partial charge in [-0.15, -0.1) is 12.4 Å². The van der Waals surface area contributed by atoms with Crippen molar-refractivity contribution in [1.29, 1.82) is 0 Å². The summed E-state index contributed by atoms with van der Waals surface area (Å²) in [5.74, 6) is 0. The molecular weight excluding hydrogens is 206 g/mol. The molecule has 3 rings (SSSR count). The van der Waals surface area contributed by atoms with Crippen LogP contribution in [0.3, 0.4) is 0 Å². The maximum Gasteiger partial charge on any atom is 0.00861 e. The summed E-state index contributed by atoms with van der Waals surface area (Å²) in [5.41, 5.74) is 8.47. The Hall–Kier alpha value is -0.530. The van der Waals surface area contributed by atoms with Crippen LogP contribution in [-0.4, -0.2) is 6.54 Å². The highest BCUT2D eigenvalue weighted by atomic mass is 35.5.